The first-order valence-corrected chi connectivity index (χ1v) is 6.49. The molecule has 0 atom stereocenters. The second kappa shape index (κ2) is 5.29. The van der Waals surface area contributed by atoms with E-state index in [0.717, 1.165) is 29.0 Å². The van der Waals surface area contributed by atoms with Crippen LogP contribution in [0, 0.1) is 6.20 Å². The van der Waals surface area contributed by atoms with Gasteiger partial charge in [0.2, 0.25) is 0 Å². The largest absolute Gasteiger partial charge is 0.497 e. The summed E-state index contributed by atoms with van der Waals surface area (Å²) in [4.78, 5) is 3.08. The van der Waals surface area contributed by atoms with Crippen LogP contribution in [0.5, 0.6) is 11.5 Å². The number of hydrogen-bond donors (Lipinski definition) is 1. The first-order valence-electron chi connectivity index (χ1n) is 6.49. The molecule has 2 aromatic carbocycles. The molecule has 101 valence electrons. The molecule has 0 aliphatic rings. The predicted octanol–water partition coefficient (Wildman–Crippen LogP) is 3.58. The van der Waals surface area contributed by atoms with Crippen LogP contribution in [0.3, 0.4) is 0 Å². The summed E-state index contributed by atoms with van der Waals surface area (Å²) in [7, 11) is 3.34. The van der Waals surface area contributed by atoms with Crippen molar-refractivity contribution in [3.05, 3.63) is 59.8 Å². The smallest absolute Gasteiger partial charge is 0.126 e. The zero-order valence-electron chi connectivity index (χ0n) is 11.6. The second-order valence-electron chi connectivity index (χ2n) is 4.69. The molecular weight excluding hydrogens is 250 g/mol. The highest BCUT2D eigenvalue weighted by atomic mass is 16.5. The summed E-state index contributed by atoms with van der Waals surface area (Å²) >= 11 is 0. The van der Waals surface area contributed by atoms with Crippen LogP contribution in [0.4, 0.5) is 0 Å². The van der Waals surface area contributed by atoms with Gasteiger partial charge in [-0.1, -0.05) is 12.1 Å². The van der Waals surface area contributed by atoms with Crippen molar-refractivity contribution in [1.82, 2.24) is 4.98 Å². The molecule has 3 aromatic rings. The molecule has 0 aliphatic carbocycles. The Bertz CT molecular complexity index is 731. The molecule has 1 N–H and O–H groups in total. The van der Waals surface area contributed by atoms with Crippen molar-refractivity contribution in [2.24, 2.45) is 0 Å². The summed E-state index contributed by atoms with van der Waals surface area (Å²) < 4.78 is 10.7. The predicted molar refractivity (Wildman–Crippen MR) is 79.5 cm³/mol. The van der Waals surface area contributed by atoms with E-state index in [1.165, 1.54) is 10.9 Å². The van der Waals surface area contributed by atoms with Crippen LogP contribution >= 0.6 is 0 Å². The van der Waals surface area contributed by atoms with E-state index in [0.29, 0.717) is 0 Å². The number of benzene rings is 2. The van der Waals surface area contributed by atoms with E-state index in [-0.39, 0.29) is 0 Å². The Balaban J connectivity index is 1.93. The van der Waals surface area contributed by atoms with Gasteiger partial charge in [0.15, 0.2) is 0 Å². The summed E-state index contributed by atoms with van der Waals surface area (Å²) in [6, 6.07) is 14.3. The van der Waals surface area contributed by atoms with Crippen molar-refractivity contribution in [3.8, 4) is 11.5 Å². The highest BCUT2D eigenvalue weighted by Crippen LogP contribution is 2.27. The Morgan fingerprint density at radius 2 is 1.95 bits per heavy atom. The van der Waals surface area contributed by atoms with Gasteiger partial charge in [0.05, 0.1) is 20.4 Å². The van der Waals surface area contributed by atoms with Gasteiger partial charge in [0.1, 0.15) is 11.5 Å². The summed E-state index contributed by atoms with van der Waals surface area (Å²) in [6.45, 7) is 0. The molecule has 1 aromatic heterocycles. The molecule has 1 radical (unpaired) electrons. The molecule has 3 rings (SSSR count). The number of fused-ring (bicyclic) bond motifs is 1. The van der Waals surface area contributed by atoms with Gasteiger partial charge in [-0.25, -0.2) is 0 Å². The van der Waals surface area contributed by atoms with Crippen LogP contribution in [0.25, 0.3) is 10.9 Å². The standard InChI is InChI=1S/C17H16NO2/c1-19-15-5-4-14(17(11-15)20-2)10-12-3-6-16-13(9-12)7-8-18-16/h3-7,9,11,18H,10H2,1-2H3. The highest BCUT2D eigenvalue weighted by Gasteiger charge is 2.07. The Morgan fingerprint density at radius 3 is 2.75 bits per heavy atom. The van der Waals surface area contributed by atoms with E-state index in [4.69, 9.17) is 9.47 Å². The van der Waals surface area contributed by atoms with Gasteiger partial charge in [-0.15, -0.1) is 0 Å². The van der Waals surface area contributed by atoms with Crippen molar-refractivity contribution in [1.29, 1.82) is 0 Å². The number of aromatic amines is 1. The molecule has 0 fully saturated rings. The lowest BCUT2D eigenvalue weighted by atomic mass is 10.0. The van der Waals surface area contributed by atoms with Crippen LogP contribution in [-0.2, 0) is 6.42 Å². The third-order valence-corrected chi connectivity index (χ3v) is 3.44. The molecule has 0 saturated heterocycles. The number of H-pyrrole nitrogens is 1. The number of ether oxygens (including phenoxy) is 2. The minimum Gasteiger partial charge on any atom is -0.497 e. The van der Waals surface area contributed by atoms with Crippen molar-refractivity contribution < 1.29 is 9.47 Å². The lowest BCUT2D eigenvalue weighted by Gasteiger charge is -2.10. The number of methoxy groups -OCH3 is 2. The summed E-state index contributed by atoms with van der Waals surface area (Å²) in [5, 5.41) is 1.18. The molecule has 20 heavy (non-hydrogen) atoms. The van der Waals surface area contributed by atoms with E-state index in [9.17, 15) is 0 Å². The van der Waals surface area contributed by atoms with Crippen molar-refractivity contribution in [2.75, 3.05) is 14.2 Å². The fourth-order valence-electron chi connectivity index (χ4n) is 2.36. The SMILES string of the molecule is COc1ccc(Cc2ccc3[nH][c]cc3c2)c(OC)c1. The number of hydrogen-bond acceptors (Lipinski definition) is 2. The average molecular weight is 266 g/mol. The van der Waals surface area contributed by atoms with Crippen molar-refractivity contribution in [3.63, 3.8) is 0 Å². The zero-order valence-corrected chi connectivity index (χ0v) is 11.6. The zero-order chi connectivity index (χ0) is 13.9. The molecular formula is C17H16NO2. The minimum absolute atomic E-state index is 0.807. The van der Waals surface area contributed by atoms with Crippen molar-refractivity contribution in [2.45, 2.75) is 6.42 Å². The highest BCUT2D eigenvalue weighted by molar-refractivity contribution is 5.79. The molecule has 1 heterocycles. The molecule has 0 aliphatic heterocycles. The monoisotopic (exact) mass is 266 g/mol. The third-order valence-electron chi connectivity index (χ3n) is 3.44. The van der Waals surface area contributed by atoms with Crippen LogP contribution in [0.1, 0.15) is 11.1 Å². The fraction of sp³-hybridized carbons (Fsp3) is 0.176. The molecule has 3 nitrogen and oxygen atoms in total. The Kier molecular flexibility index (Phi) is 3.33. The quantitative estimate of drug-likeness (QED) is 0.783. The van der Waals surface area contributed by atoms with E-state index >= 15 is 0 Å². The van der Waals surface area contributed by atoms with E-state index in [2.05, 4.69) is 29.4 Å². The number of rotatable bonds is 4. The van der Waals surface area contributed by atoms with Gasteiger partial charge in [-0.2, -0.15) is 0 Å². The Labute approximate surface area is 118 Å². The molecule has 0 amide bonds. The number of aromatic nitrogens is 1. The van der Waals surface area contributed by atoms with Crippen LogP contribution in [0.2, 0.25) is 0 Å². The van der Waals surface area contributed by atoms with E-state index in [1.807, 2.05) is 24.3 Å². The van der Waals surface area contributed by atoms with Gasteiger partial charge >= 0.3 is 0 Å². The first-order chi connectivity index (χ1) is 9.80. The summed E-state index contributed by atoms with van der Waals surface area (Å²) in [5.41, 5.74) is 3.50. The third kappa shape index (κ3) is 2.35. The normalized spacial score (nSPS) is 10.7. The molecule has 0 unspecified atom stereocenters. The molecule has 0 saturated carbocycles. The number of nitrogens with one attached hydrogen (secondary N) is 1. The van der Waals surface area contributed by atoms with Gasteiger partial charge in [-0.3, -0.25) is 0 Å². The average Bonchev–Trinajstić information content (AvgIpc) is 2.95. The second-order valence-corrected chi connectivity index (χ2v) is 4.69. The summed E-state index contributed by atoms with van der Waals surface area (Å²) in [5.74, 6) is 1.66. The van der Waals surface area contributed by atoms with E-state index in [1.54, 1.807) is 14.2 Å². The van der Waals surface area contributed by atoms with Crippen molar-refractivity contribution >= 4 is 10.9 Å². The fourth-order valence-corrected chi connectivity index (χ4v) is 2.36. The van der Waals surface area contributed by atoms with Crippen LogP contribution < -0.4 is 9.47 Å². The molecule has 0 spiro atoms. The minimum atomic E-state index is 0.807. The topological polar surface area (TPSA) is 34.2 Å². The molecule has 0 bridgehead atoms. The van der Waals surface area contributed by atoms with Crippen LogP contribution in [0.15, 0.2) is 42.5 Å². The van der Waals surface area contributed by atoms with Gasteiger partial charge in [0, 0.05) is 23.4 Å². The van der Waals surface area contributed by atoms with E-state index < -0.39 is 0 Å². The Hall–Kier alpha value is -2.42. The summed E-state index contributed by atoms with van der Waals surface area (Å²) in [6.07, 6.45) is 3.83. The van der Waals surface area contributed by atoms with Gasteiger partial charge in [0.25, 0.3) is 0 Å². The Morgan fingerprint density at radius 1 is 1.05 bits per heavy atom. The van der Waals surface area contributed by atoms with Gasteiger partial charge in [-0.05, 0) is 35.4 Å². The van der Waals surface area contributed by atoms with Gasteiger partial charge < -0.3 is 14.5 Å². The maximum atomic E-state index is 5.44. The molecule has 3 heteroatoms. The lowest BCUT2D eigenvalue weighted by molar-refractivity contribution is 0.391. The maximum Gasteiger partial charge on any atom is 0.126 e. The maximum absolute atomic E-state index is 5.44. The van der Waals surface area contributed by atoms with Crippen LogP contribution in [-0.4, -0.2) is 19.2 Å². The first kappa shape index (κ1) is 12.6. The lowest BCUT2D eigenvalue weighted by Crippen LogP contribution is -1.95.